The molecule has 2 aromatic carbocycles. The predicted octanol–water partition coefficient (Wildman–Crippen LogP) is 4.39. The van der Waals surface area contributed by atoms with Crippen molar-refractivity contribution in [3.63, 3.8) is 0 Å². The first kappa shape index (κ1) is 16.3. The number of nitrogens with zero attached hydrogens (tertiary/aromatic N) is 2. The molecule has 0 aliphatic carbocycles. The first-order valence-corrected chi connectivity index (χ1v) is 8.35. The van der Waals surface area contributed by atoms with E-state index in [1.807, 2.05) is 6.07 Å². The first-order chi connectivity index (χ1) is 11.1. The van der Waals surface area contributed by atoms with Gasteiger partial charge in [-0.3, -0.25) is 9.89 Å². The van der Waals surface area contributed by atoms with Crippen LogP contribution < -0.4 is 0 Å². The SMILES string of the molecule is Oc1c(Cl)cc(Cl)cc1C=N[C@H]1CCN(Cc2ccccc2)C1. The minimum absolute atomic E-state index is 0.0268. The zero-order valence-electron chi connectivity index (χ0n) is 12.6. The third-order valence-corrected chi connectivity index (χ3v) is 4.48. The fourth-order valence-corrected chi connectivity index (χ4v) is 3.30. The highest BCUT2D eigenvalue weighted by molar-refractivity contribution is 6.36. The number of halogens is 2. The lowest BCUT2D eigenvalue weighted by molar-refractivity contribution is 0.327. The number of phenolic OH excluding ortho intramolecular Hbond substituents is 1. The lowest BCUT2D eigenvalue weighted by Gasteiger charge is -2.14. The lowest BCUT2D eigenvalue weighted by Crippen LogP contribution is -2.21. The molecule has 1 saturated heterocycles. The maximum absolute atomic E-state index is 9.95. The Morgan fingerprint density at radius 2 is 2.00 bits per heavy atom. The standard InChI is InChI=1S/C18H18Cl2N2O/c19-15-8-14(18(23)17(20)9-15)10-21-16-6-7-22(12-16)11-13-4-2-1-3-5-13/h1-5,8-10,16,23H,6-7,11-12H2/t16-/m0/s1. The van der Waals surface area contributed by atoms with Crippen molar-refractivity contribution in [2.75, 3.05) is 13.1 Å². The summed E-state index contributed by atoms with van der Waals surface area (Å²) >= 11 is 11.9. The monoisotopic (exact) mass is 348 g/mol. The molecule has 23 heavy (non-hydrogen) atoms. The summed E-state index contributed by atoms with van der Waals surface area (Å²) in [5, 5.41) is 10.7. The largest absolute Gasteiger partial charge is 0.506 e. The van der Waals surface area contributed by atoms with Gasteiger partial charge in [0.05, 0.1) is 11.1 Å². The van der Waals surface area contributed by atoms with E-state index in [9.17, 15) is 5.11 Å². The lowest BCUT2D eigenvalue weighted by atomic mass is 10.2. The fraction of sp³-hybridized carbons (Fsp3) is 0.278. The van der Waals surface area contributed by atoms with Crippen LogP contribution in [0.5, 0.6) is 5.75 Å². The van der Waals surface area contributed by atoms with Crippen LogP contribution in [-0.2, 0) is 6.54 Å². The summed E-state index contributed by atoms with van der Waals surface area (Å²) in [7, 11) is 0. The molecule has 0 unspecified atom stereocenters. The van der Waals surface area contributed by atoms with Gasteiger partial charge in [-0.1, -0.05) is 53.5 Å². The molecule has 3 rings (SSSR count). The molecule has 0 bridgehead atoms. The number of benzene rings is 2. The summed E-state index contributed by atoms with van der Waals surface area (Å²) in [4.78, 5) is 6.98. The number of hydrogen-bond acceptors (Lipinski definition) is 3. The zero-order chi connectivity index (χ0) is 16.2. The summed E-state index contributed by atoms with van der Waals surface area (Å²) in [5.74, 6) is 0.0268. The molecule has 1 aliphatic heterocycles. The second kappa shape index (κ2) is 7.35. The van der Waals surface area contributed by atoms with Gasteiger partial charge in [0.15, 0.2) is 0 Å². The van der Waals surface area contributed by atoms with E-state index in [1.54, 1.807) is 12.3 Å². The summed E-state index contributed by atoms with van der Waals surface area (Å²) in [6.45, 7) is 2.89. The molecule has 1 N–H and O–H groups in total. The molecule has 2 aromatic rings. The van der Waals surface area contributed by atoms with Crippen molar-refractivity contribution in [3.05, 3.63) is 63.6 Å². The average molecular weight is 349 g/mol. The van der Waals surface area contributed by atoms with Gasteiger partial charge in [0.25, 0.3) is 0 Å². The van der Waals surface area contributed by atoms with Gasteiger partial charge in [0.1, 0.15) is 5.75 Å². The molecule has 0 aromatic heterocycles. The molecule has 1 atom stereocenters. The number of rotatable bonds is 4. The van der Waals surface area contributed by atoms with Crippen molar-refractivity contribution in [2.24, 2.45) is 4.99 Å². The van der Waals surface area contributed by atoms with Crippen molar-refractivity contribution in [1.82, 2.24) is 4.90 Å². The maximum atomic E-state index is 9.95. The third-order valence-electron chi connectivity index (χ3n) is 3.98. The Morgan fingerprint density at radius 1 is 1.22 bits per heavy atom. The predicted molar refractivity (Wildman–Crippen MR) is 95.8 cm³/mol. The number of likely N-dealkylation sites (tertiary alicyclic amines) is 1. The summed E-state index contributed by atoms with van der Waals surface area (Å²) in [6.07, 6.45) is 2.68. The van der Waals surface area contributed by atoms with Crippen molar-refractivity contribution < 1.29 is 5.11 Å². The second-order valence-electron chi connectivity index (χ2n) is 5.77. The van der Waals surface area contributed by atoms with Crippen LogP contribution in [0.25, 0.3) is 0 Å². The van der Waals surface area contributed by atoms with E-state index >= 15 is 0 Å². The minimum atomic E-state index is 0.0268. The quantitative estimate of drug-likeness (QED) is 0.831. The van der Waals surface area contributed by atoms with Gasteiger partial charge in [0.2, 0.25) is 0 Å². The second-order valence-corrected chi connectivity index (χ2v) is 6.61. The van der Waals surface area contributed by atoms with Crippen molar-refractivity contribution in [2.45, 2.75) is 19.0 Å². The van der Waals surface area contributed by atoms with Gasteiger partial charge < -0.3 is 5.11 Å². The zero-order valence-corrected chi connectivity index (χ0v) is 14.1. The highest BCUT2D eigenvalue weighted by Crippen LogP contribution is 2.30. The normalized spacial score (nSPS) is 18.8. The number of hydrogen-bond donors (Lipinski definition) is 1. The molecular formula is C18H18Cl2N2O. The van der Waals surface area contributed by atoms with Gasteiger partial charge in [-0.15, -0.1) is 0 Å². The Morgan fingerprint density at radius 3 is 2.78 bits per heavy atom. The molecule has 0 amide bonds. The van der Waals surface area contributed by atoms with Crippen LogP contribution in [0.2, 0.25) is 10.0 Å². The highest BCUT2D eigenvalue weighted by Gasteiger charge is 2.21. The number of aromatic hydroxyl groups is 1. The Balaban J connectivity index is 1.62. The van der Waals surface area contributed by atoms with E-state index in [2.05, 4.69) is 34.2 Å². The van der Waals surface area contributed by atoms with E-state index < -0.39 is 0 Å². The number of aliphatic imine (C=N–C) groups is 1. The van der Waals surface area contributed by atoms with Gasteiger partial charge in [-0.05, 0) is 24.1 Å². The van der Waals surface area contributed by atoms with Gasteiger partial charge >= 0.3 is 0 Å². The van der Waals surface area contributed by atoms with Gasteiger partial charge in [-0.2, -0.15) is 0 Å². The topological polar surface area (TPSA) is 35.8 Å². The average Bonchev–Trinajstić information content (AvgIpc) is 2.98. The highest BCUT2D eigenvalue weighted by atomic mass is 35.5. The summed E-state index contributed by atoms with van der Waals surface area (Å²) < 4.78 is 0. The molecule has 1 heterocycles. The van der Waals surface area contributed by atoms with E-state index in [1.165, 1.54) is 11.6 Å². The van der Waals surface area contributed by atoms with E-state index in [0.717, 1.165) is 26.1 Å². The molecule has 0 spiro atoms. The molecule has 1 fully saturated rings. The van der Waals surface area contributed by atoms with Crippen LogP contribution in [0.4, 0.5) is 0 Å². The van der Waals surface area contributed by atoms with Crippen LogP contribution in [0.3, 0.4) is 0 Å². The van der Waals surface area contributed by atoms with E-state index in [0.29, 0.717) is 10.6 Å². The van der Waals surface area contributed by atoms with Gasteiger partial charge in [0, 0.05) is 36.4 Å². The smallest absolute Gasteiger partial charge is 0.143 e. The molecule has 120 valence electrons. The molecule has 1 aliphatic rings. The van der Waals surface area contributed by atoms with E-state index in [-0.39, 0.29) is 16.8 Å². The van der Waals surface area contributed by atoms with Crippen molar-refractivity contribution in [1.29, 1.82) is 0 Å². The van der Waals surface area contributed by atoms with Crippen molar-refractivity contribution in [3.8, 4) is 5.75 Å². The maximum Gasteiger partial charge on any atom is 0.143 e. The summed E-state index contributed by atoms with van der Waals surface area (Å²) in [6, 6.07) is 13.9. The summed E-state index contributed by atoms with van der Waals surface area (Å²) in [5.41, 5.74) is 1.88. The fourth-order valence-electron chi connectivity index (χ4n) is 2.79. The Labute approximate surface area is 146 Å². The Bertz CT molecular complexity index is 704. The van der Waals surface area contributed by atoms with Crippen LogP contribution in [0.1, 0.15) is 17.5 Å². The van der Waals surface area contributed by atoms with Crippen LogP contribution >= 0.6 is 23.2 Å². The molecule has 0 saturated carbocycles. The van der Waals surface area contributed by atoms with E-state index in [4.69, 9.17) is 23.2 Å². The molecular weight excluding hydrogens is 331 g/mol. The minimum Gasteiger partial charge on any atom is -0.506 e. The molecule has 0 radical (unpaired) electrons. The third kappa shape index (κ3) is 4.25. The van der Waals surface area contributed by atoms with Gasteiger partial charge in [-0.25, -0.2) is 0 Å². The van der Waals surface area contributed by atoms with Crippen LogP contribution in [0, 0.1) is 0 Å². The molecule has 5 heteroatoms. The van der Waals surface area contributed by atoms with Crippen LogP contribution in [0.15, 0.2) is 47.5 Å². The Hall–Kier alpha value is -1.55. The van der Waals surface area contributed by atoms with Crippen LogP contribution in [-0.4, -0.2) is 35.4 Å². The van der Waals surface area contributed by atoms with Crippen molar-refractivity contribution >= 4 is 29.4 Å². The first-order valence-electron chi connectivity index (χ1n) is 7.59. The Kier molecular flexibility index (Phi) is 5.21. The molecule has 3 nitrogen and oxygen atoms in total. The number of phenols is 1.